The van der Waals surface area contributed by atoms with E-state index in [1.54, 1.807) is 18.3 Å². The molecule has 0 aromatic carbocycles. The van der Waals surface area contributed by atoms with E-state index in [4.69, 9.17) is 10.8 Å². The van der Waals surface area contributed by atoms with E-state index in [0.29, 0.717) is 0 Å². The molecule has 0 saturated heterocycles. The lowest BCUT2D eigenvalue weighted by Crippen LogP contribution is -2.02. The number of aromatic nitrogens is 3. The van der Waals surface area contributed by atoms with E-state index >= 15 is 0 Å². The molecule has 2 rings (SSSR count). The van der Waals surface area contributed by atoms with Gasteiger partial charge in [0.2, 0.25) is 0 Å². The molecule has 0 unspecified atom stereocenters. The first-order valence-corrected chi connectivity index (χ1v) is 4.59. The third kappa shape index (κ3) is 1.72. The minimum Gasteiger partial charge on any atom is -0.476 e. The summed E-state index contributed by atoms with van der Waals surface area (Å²) in [6.07, 6.45) is 3.10. The smallest absolute Gasteiger partial charge is 0.358 e. The van der Waals surface area contributed by atoms with Crippen LogP contribution >= 0.6 is 0 Å². The van der Waals surface area contributed by atoms with Gasteiger partial charge in [0.05, 0.1) is 17.6 Å². The van der Waals surface area contributed by atoms with Crippen molar-refractivity contribution in [3.63, 3.8) is 0 Å². The van der Waals surface area contributed by atoms with Gasteiger partial charge in [0.1, 0.15) is 0 Å². The number of carbonyl (C=O) groups is 1. The number of nitrogens with two attached hydrogens (primary N) is 1. The highest BCUT2D eigenvalue weighted by Gasteiger charge is 2.13. The highest BCUT2D eigenvalue weighted by atomic mass is 16.4. The van der Waals surface area contributed by atoms with Crippen molar-refractivity contribution in [3.8, 4) is 5.69 Å². The van der Waals surface area contributed by atoms with Crippen molar-refractivity contribution in [2.24, 2.45) is 0 Å². The molecule has 6 heteroatoms. The molecule has 0 atom stereocenters. The van der Waals surface area contributed by atoms with Gasteiger partial charge in [0.15, 0.2) is 5.69 Å². The second-order valence-corrected chi connectivity index (χ2v) is 3.34. The average molecular weight is 218 g/mol. The Hall–Kier alpha value is -2.37. The first-order chi connectivity index (χ1) is 7.58. The molecule has 0 amide bonds. The van der Waals surface area contributed by atoms with Crippen LogP contribution < -0.4 is 5.73 Å². The number of pyridine rings is 1. The fourth-order valence-corrected chi connectivity index (χ4v) is 1.36. The number of carboxylic acids is 1. The number of aromatic carboxylic acids is 1. The van der Waals surface area contributed by atoms with Crippen molar-refractivity contribution >= 4 is 11.7 Å². The predicted molar refractivity (Wildman–Crippen MR) is 57.5 cm³/mol. The minimum absolute atomic E-state index is 0.141. The third-order valence-corrected chi connectivity index (χ3v) is 2.09. The number of aryl methyl sites for hydroxylation is 1. The highest BCUT2D eigenvalue weighted by molar-refractivity contribution is 5.91. The van der Waals surface area contributed by atoms with Crippen LogP contribution in [0.3, 0.4) is 0 Å². The van der Waals surface area contributed by atoms with Crippen LogP contribution in [-0.4, -0.2) is 25.8 Å². The standard InChI is InChI=1S/C10H10N4O2/c1-6-4-7(2-3-12-6)14-5-8(11)9(13-14)10(15)16/h2-5H,11H2,1H3,(H,15,16). The Kier molecular flexibility index (Phi) is 2.32. The molecular formula is C10H10N4O2. The quantitative estimate of drug-likeness (QED) is 0.779. The molecular weight excluding hydrogens is 208 g/mol. The van der Waals surface area contributed by atoms with E-state index in [9.17, 15) is 4.79 Å². The monoisotopic (exact) mass is 218 g/mol. The predicted octanol–water partition coefficient (Wildman–Crippen LogP) is 0.856. The van der Waals surface area contributed by atoms with Gasteiger partial charge in [0.25, 0.3) is 0 Å². The molecule has 0 radical (unpaired) electrons. The van der Waals surface area contributed by atoms with Crippen molar-refractivity contribution in [1.29, 1.82) is 0 Å². The number of hydrogen-bond donors (Lipinski definition) is 2. The van der Waals surface area contributed by atoms with Crippen LogP contribution in [0.15, 0.2) is 24.5 Å². The summed E-state index contributed by atoms with van der Waals surface area (Å²) >= 11 is 0. The Morgan fingerprint density at radius 3 is 2.88 bits per heavy atom. The molecule has 0 fully saturated rings. The molecule has 2 aromatic rings. The van der Waals surface area contributed by atoms with E-state index in [0.717, 1.165) is 11.4 Å². The number of anilines is 1. The van der Waals surface area contributed by atoms with Crippen LogP contribution in [-0.2, 0) is 0 Å². The fourth-order valence-electron chi connectivity index (χ4n) is 1.36. The summed E-state index contributed by atoms with van der Waals surface area (Å²) in [5, 5.41) is 12.7. The number of rotatable bonds is 2. The summed E-state index contributed by atoms with van der Waals surface area (Å²) in [6, 6.07) is 3.52. The molecule has 0 saturated carbocycles. The van der Waals surface area contributed by atoms with Crippen LogP contribution in [0.4, 0.5) is 5.69 Å². The molecule has 2 heterocycles. The van der Waals surface area contributed by atoms with Crippen LogP contribution in [0.5, 0.6) is 0 Å². The molecule has 0 aliphatic carbocycles. The summed E-state index contributed by atoms with van der Waals surface area (Å²) < 4.78 is 1.42. The van der Waals surface area contributed by atoms with E-state index in [1.807, 2.05) is 6.92 Å². The fraction of sp³-hybridized carbons (Fsp3) is 0.100. The maximum Gasteiger partial charge on any atom is 0.358 e. The van der Waals surface area contributed by atoms with Gasteiger partial charge in [-0.05, 0) is 19.1 Å². The first kappa shape index (κ1) is 10.2. The van der Waals surface area contributed by atoms with Crippen LogP contribution in [0, 0.1) is 6.92 Å². The summed E-state index contributed by atoms with van der Waals surface area (Å²) in [6.45, 7) is 1.84. The van der Waals surface area contributed by atoms with Crippen molar-refractivity contribution in [1.82, 2.24) is 14.8 Å². The summed E-state index contributed by atoms with van der Waals surface area (Å²) in [5.74, 6) is -1.14. The number of hydrogen-bond acceptors (Lipinski definition) is 4. The molecule has 2 aromatic heterocycles. The Bertz CT molecular complexity index is 548. The van der Waals surface area contributed by atoms with E-state index in [2.05, 4.69) is 10.1 Å². The van der Waals surface area contributed by atoms with Gasteiger partial charge in [0, 0.05) is 11.9 Å². The Labute approximate surface area is 91.3 Å². The largest absolute Gasteiger partial charge is 0.476 e. The number of carboxylic acid groups (broad SMARTS) is 1. The zero-order chi connectivity index (χ0) is 11.7. The maximum atomic E-state index is 10.8. The van der Waals surface area contributed by atoms with Crippen molar-refractivity contribution < 1.29 is 9.90 Å². The molecule has 82 valence electrons. The second-order valence-electron chi connectivity index (χ2n) is 3.34. The number of nitrogens with zero attached hydrogens (tertiary/aromatic N) is 3. The van der Waals surface area contributed by atoms with Crippen molar-refractivity contribution in [2.45, 2.75) is 6.92 Å². The van der Waals surface area contributed by atoms with E-state index < -0.39 is 5.97 Å². The lowest BCUT2D eigenvalue weighted by atomic mass is 10.3. The van der Waals surface area contributed by atoms with Crippen LogP contribution in [0.1, 0.15) is 16.2 Å². The summed E-state index contributed by atoms with van der Waals surface area (Å²) in [7, 11) is 0. The van der Waals surface area contributed by atoms with Gasteiger partial charge in [-0.2, -0.15) is 5.10 Å². The number of nitrogen functional groups attached to an aromatic ring is 1. The van der Waals surface area contributed by atoms with Gasteiger partial charge in [-0.15, -0.1) is 0 Å². The zero-order valence-corrected chi connectivity index (χ0v) is 8.58. The second kappa shape index (κ2) is 3.65. The average Bonchev–Trinajstić information content (AvgIpc) is 2.60. The molecule has 0 aliphatic heterocycles. The molecule has 0 bridgehead atoms. The van der Waals surface area contributed by atoms with Gasteiger partial charge in [-0.3, -0.25) is 4.98 Å². The van der Waals surface area contributed by atoms with Gasteiger partial charge < -0.3 is 10.8 Å². The van der Waals surface area contributed by atoms with E-state index in [1.165, 1.54) is 10.9 Å². The van der Waals surface area contributed by atoms with Crippen molar-refractivity contribution in [2.75, 3.05) is 5.73 Å². The van der Waals surface area contributed by atoms with Gasteiger partial charge in [-0.1, -0.05) is 0 Å². The normalized spacial score (nSPS) is 10.3. The molecule has 0 aliphatic rings. The lowest BCUT2D eigenvalue weighted by molar-refractivity contribution is 0.0691. The van der Waals surface area contributed by atoms with Gasteiger partial charge >= 0.3 is 5.97 Å². The summed E-state index contributed by atoms with van der Waals surface area (Å²) in [5.41, 5.74) is 7.09. The topological polar surface area (TPSA) is 94.0 Å². The SMILES string of the molecule is Cc1cc(-n2cc(N)c(C(=O)O)n2)ccn1. The Morgan fingerprint density at radius 1 is 1.56 bits per heavy atom. The minimum atomic E-state index is -1.14. The first-order valence-electron chi connectivity index (χ1n) is 4.59. The summed E-state index contributed by atoms with van der Waals surface area (Å²) in [4.78, 5) is 14.8. The molecule has 0 spiro atoms. The van der Waals surface area contributed by atoms with E-state index in [-0.39, 0.29) is 11.4 Å². The van der Waals surface area contributed by atoms with Gasteiger partial charge in [-0.25, -0.2) is 9.48 Å². The zero-order valence-electron chi connectivity index (χ0n) is 8.58. The van der Waals surface area contributed by atoms with Crippen molar-refractivity contribution in [3.05, 3.63) is 35.9 Å². The third-order valence-electron chi connectivity index (χ3n) is 2.09. The highest BCUT2D eigenvalue weighted by Crippen LogP contribution is 2.14. The Morgan fingerprint density at radius 2 is 2.31 bits per heavy atom. The lowest BCUT2D eigenvalue weighted by Gasteiger charge is -2.00. The van der Waals surface area contributed by atoms with Crippen LogP contribution in [0.2, 0.25) is 0 Å². The molecule has 16 heavy (non-hydrogen) atoms. The maximum absolute atomic E-state index is 10.8. The molecule has 3 N–H and O–H groups in total. The Balaban J connectivity index is 2.49. The molecule has 6 nitrogen and oxygen atoms in total. The van der Waals surface area contributed by atoms with Crippen LogP contribution in [0.25, 0.3) is 5.69 Å².